The summed E-state index contributed by atoms with van der Waals surface area (Å²) >= 11 is 1.57. The quantitative estimate of drug-likeness (QED) is 0.416. The second-order valence-corrected chi connectivity index (χ2v) is 11.4. The van der Waals surface area contributed by atoms with E-state index in [0.717, 1.165) is 16.0 Å². The Labute approximate surface area is 205 Å². The van der Waals surface area contributed by atoms with Crippen molar-refractivity contribution in [1.29, 1.82) is 0 Å². The van der Waals surface area contributed by atoms with Gasteiger partial charge in [-0.25, -0.2) is 8.42 Å². The van der Waals surface area contributed by atoms with E-state index in [1.165, 1.54) is 17.0 Å². The van der Waals surface area contributed by atoms with Crippen molar-refractivity contribution in [2.45, 2.75) is 42.5 Å². The number of amides is 1. The lowest BCUT2D eigenvalue weighted by Gasteiger charge is -2.27. The first-order valence-corrected chi connectivity index (χ1v) is 13.7. The molecule has 7 heteroatoms. The highest BCUT2D eigenvalue weighted by atomic mass is 32.2. The average molecular weight is 494 g/mol. The summed E-state index contributed by atoms with van der Waals surface area (Å²) in [5.74, 6) is -1.17. The minimum absolute atomic E-state index is 0.0372. The van der Waals surface area contributed by atoms with Gasteiger partial charge in [0.05, 0.1) is 4.90 Å². The number of aryl methyl sites for hydroxylation is 1. The molecule has 176 valence electrons. The van der Waals surface area contributed by atoms with E-state index in [-0.39, 0.29) is 9.80 Å². The highest BCUT2D eigenvalue weighted by molar-refractivity contribution is 7.98. The fraction of sp³-hybridized carbons (Fsp3) is 0.222. The van der Waals surface area contributed by atoms with E-state index in [4.69, 9.17) is 0 Å². The predicted molar refractivity (Wildman–Crippen MR) is 137 cm³/mol. The summed E-state index contributed by atoms with van der Waals surface area (Å²) in [5, 5.41) is 10.9. The Morgan fingerprint density at radius 1 is 0.912 bits per heavy atom. The first-order chi connectivity index (χ1) is 16.1. The van der Waals surface area contributed by atoms with Gasteiger partial charge in [0.1, 0.15) is 10.9 Å². The van der Waals surface area contributed by atoms with Crippen LogP contribution in [0.25, 0.3) is 0 Å². The molecule has 3 aromatic rings. The van der Waals surface area contributed by atoms with Crippen molar-refractivity contribution < 1.29 is 18.3 Å². The first-order valence-electron chi connectivity index (χ1n) is 11.0. The van der Waals surface area contributed by atoms with Gasteiger partial charge in [-0.3, -0.25) is 9.69 Å². The molecule has 0 spiro atoms. The van der Waals surface area contributed by atoms with Gasteiger partial charge < -0.3 is 5.11 Å². The lowest BCUT2D eigenvalue weighted by molar-refractivity contribution is -0.117. The molecule has 0 bridgehead atoms. The zero-order valence-electron chi connectivity index (χ0n) is 19.5. The number of hydrogen-bond donors (Lipinski definition) is 1. The third kappa shape index (κ3) is 4.26. The Morgan fingerprint density at radius 3 is 2.03 bits per heavy atom. The Balaban J connectivity index is 1.89. The number of sulfone groups is 1. The van der Waals surface area contributed by atoms with Crippen molar-refractivity contribution in [2.24, 2.45) is 0 Å². The maximum atomic E-state index is 13.7. The molecule has 0 aliphatic carbocycles. The molecule has 1 unspecified atom stereocenters. The lowest BCUT2D eigenvalue weighted by atomic mass is 10.0. The van der Waals surface area contributed by atoms with Crippen LogP contribution in [0, 0.1) is 6.92 Å². The highest BCUT2D eigenvalue weighted by Gasteiger charge is 2.47. The number of benzene rings is 3. The topological polar surface area (TPSA) is 74.7 Å². The smallest absolute Gasteiger partial charge is 0.295 e. The Kier molecular flexibility index (Phi) is 6.60. The molecule has 0 aromatic heterocycles. The number of nitrogens with zero attached hydrogens (tertiary/aromatic N) is 1. The largest absolute Gasteiger partial charge is 0.502 e. The van der Waals surface area contributed by atoms with Crippen LogP contribution in [-0.4, -0.2) is 25.7 Å². The Bertz CT molecular complexity index is 1340. The number of carbonyl (C=O) groups is 1. The molecule has 0 saturated carbocycles. The van der Waals surface area contributed by atoms with Gasteiger partial charge >= 0.3 is 0 Å². The molecule has 1 aliphatic heterocycles. The maximum Gasteiger partial charge on any atom is 0.295 e. The van der Waals surface area contributed by atoms with Gasteiger partial charge in [0.2, 0.25) is 9.84 Å². The number of hydrogen-bond acceptors (Lipinski definition) is 5. The third-order valence-electron chi connectivity index (χ3n) is 6.05. The van der Waals surface area contributed by atoms with Gasteiger partial charge in [0, 0.05) is 10.6 Å². The number of aliphatic hydroxyl groups is 1. The van der Waals surface area contributed by atoms with Gasteiger partial charge in [-0.1, -0.05) is 55.8 Å². The van der Waals surface area contributed by atoms with Gasteiger partial charge in [0.25, 0.3) is 5.91 Å². The first kappa shape index (κ1) is 24.1. The van der Waals surface area contributed by atoms with E-state index in [2.05, 4.69) is 13.8 Å². The van der Waals surface area contributed by atoms with Crippen LogP contribution in [0.3, 0.4) is 0 Å². The molecule has 0 fully saturated rings. The molecule has 3 aromatic carbocycles. The molecule has 4 rings (SSSR count). The summed E-state index contributed by atoms with van der Waals surface area (Å²) in [4.78, 5) is 15.4. The fourth-order valence-corrected chi connectivity index (χ4v) is 6.11. The van der Waals surface area contributed by atoms with Crippen molar-refractivity contribution >= 4 is 33.2 Å². The molecule has 1 aliphatic rings. The molecule has 1 heterocycles. The summed E-state index contributed by atoms with van der Waals surface area (Å²) in [7, 11) is -4.15. The number of rotatable bonds is 6. The fourth-order valence-electron chi connectivity index (χ4n) is 4.07. The number of thioether (sulfide) groups is 1. The van der Waals surface area contributed by atoms with Crippen molar-refractivity contribution in [3.05, 3.63) is 100 Å². The molecule has 0 saturated heterocycles. The molecule has 34 heavy (non-hydrogen) atoms. The molecular weight excluding hydrogens is 466 g/mol. The van der Waals surface area contributed by atoms with Crippen molar-refractivity contribution in [3.8, 4) is 0 Å². The van der Waals surface area contributed by atoms with E-state index in [1.807, 2.05) is 49.6 Å². The van der Waals surface area contributed by atoms with Crippen molar-refractivity contribution in [3.63, 3.8) is 0 Å². The van der Waals surface area contributed by atoms with Gasteiger partial charge in [0.15, 0.2) is 5.76 Å². The molecule has 1 amide bonds. The second kappa shape index (κ2) is 9.31. The van der Waals surface area contributed by atoms with E-state index >= 15 is 0 Å². The summed E-state index contributed by atoms with van der Waals surface area (Å²) in [5.41, 5.74) is 3.14. The second-order valence-electron chi connectivity index (χ2n) is 8.63. The summed E-state index contributed by atoms with van der Waals surface area (Å²) < 4.78 is 27.5. The van der Waals surface area contributed by atoms with E-state index in [0.29, 0.717) is 17.2 Å². The summed E-state index contributed by atoms with van der Waals surface area (Å²) in [6, 6.07) is 20.2. The van der Waals surface area contributed by atoms with Crippen LogP contribution in [0.1, 0.15) is 42.5 Å². The summed E-state index contributed by atoms with van der Waals surface area (Å²) in [6.07, 6.45) is 1.95. The maximum absolute atomic E-state index is 13.7. The molecule has 1 N–H and O–H groups in total. The third-order valence-corrected chi connectivity index (χ3v) is 8.68. The van der Waals surface area contributed by atoms with Crippen LogP contribution < -0.4 is 4.90 Å². The van der Waals surface area contributed by atoms with E-state index in [9.17, 15) is 18.3 Å². The zero-order chi connectivity index (χ0) is 24.6. The highest BCUT2D eigenvalue weighted by Crippen LogP contribution is 2.45. The van der Waals surface area contributed by atoms with Gasteiger partial charge in [-0.2, -0.15) is 0 Å². The lowest BCUT2D eigenvalue weighted by Crippen LogP contribution is -2.31. The van der Waals surface area contributed by atoms with Crippen LogP contribution in [-0.2, 0) is 14.6 Å². The van der Waals surface area contributed by atoms with Gasteiger partial charge in [-0.15, -0.1) is 11.8 Å². The number of anilines is 1. The van der Waals surface area contributed by atoms with Crippen LogP contribution in [0.4, 0.5) is 5.69 Å². The SMILES string of the molecule is CSc1ccc(C2C(S(=O)(=O)c3ccc(C)cc3)=C(O)C(=O)N2c2ccc(C(C)C)cc2)cc1. The summed E-state index contributed by atoms with van der Waals surface area (Å²) in [6.45, 7) is 6.02. The van der Waals surface area contributed by atoms with Crippen LogP contribution in [0.2, 0.25) is 0 Å². The minimum atomic E-state index is -4.15. The number of carbonyl (C=O) groups excluding carboxylic acids is 1. The molecule has 1 atom stereocenters. The van der Waals surface area contributed by atoms with Gasteiger partial charge in [-0.05, 0) is 66.6 Å². The Hall–Kier alpha value is -3.03. The standard InChI is InChI=1S/C27H27NO4S2/c1-17(2)19-7-11-21(12-8-19)28-24(20-9-13-22(33-4)14-10-20)26(25(29)27(28)30)34(31,32)23-15-5-18(3)6-16-23/h5-17,24,29H,1-4H3. The zero-order valence-corrected chi connectivity index (χ0v) is 21.2. The minimum Gasteiger partial charge on any atom is -0.502 e. The molecule has 0 radical (unpaired) electrons. The van der Waals surface area contributed by atoms with Crippen molar-refractivity contribution in [2.75, 3.05) is 11.2 Å². The van der Waals surface area contributed by atoms with Crippen LogP contribution >= 0.6 is 11.8 Å². The average Bonchev–Trinajstić information content (AvgIpc) is 3.10. The van der Waals surface area contributed by atoms with E-state index in [1.54, 1.807) is 36.0 Å². The molecular formula is C27H27NO4S2. The van der Waals surface area contributed by atoms with Crippen LogP contribution in [0.15, 0.2) is 93.3 Å². The monoisotopic (exact) mass is 493 g/mol. The van der Waals surface area contributed by atoms with E-state index < -0.39 is 27.5 Å². The Morgan fingerprint density at radius 2 is 1.50 bits per heavy atom. The number of aliphatic hydroxyl groups excluding tert-OH is 1. The normalized spacial score (nSPS) is 16.6. The molecule has 5 nitrogen and oxygen atoms in total. The predicted octanol–water partition coefficient (Wildman–Crippen LogP) is 6.17. The van der Waals surface area contributed by atoms with Crippen molar-refractivity contribution in [1.82, 2.24) is 0 Å². The van der Waals surface area contributed by atoms with Crippen LogP contribution in [0.5, 0.6) is 0 Å².